The zero-order chi connectivity index (χ0) is 27.0. The van der Waals surface area contributed by atoms with E-state index in [-0.39, 0.29) is 31.9 Å². The number of amides is 1. The minimum absolute atomic E-state index is 0.0518. The lowest BCUT2D eigenvalue weighted by Crippen LogP contribution is -2.48. The topological polar surface area (TPSA) is 80.2 Å². The van der Waals surface area contributed by atoms with Gasteiger partial charge in [0.15, 0.2) is 11.6 Å². The van der Waals surface area contributed by atoms with Gasteiger partial charge in [-0.05, 0) is 53.9 Å². The first kappa shape index (κ1) is 27.0. The Morgan fingerprint density at radius 1 is 1.11 bits per heavy atom. The Morgan fingerprint density at radius 2 is 1.82 bits per heavy atom. The number of benzene rings is 3. The van der Waals surface area contributed by atoms with E-state index in [9.17, 15) is 13.6 Å². The van der Waals surface area contributed by atoms with Gasteiger partial charge >= 0.3 is 0 Å². The second-order valence-corrected chi connectivity index (χ2v) is 8.98. The third kappa shape index (κ3) is 6.26. The van der Waals surface area contributed by atoms with Crippen molar-refractivity contribution in [2.24, 2.45) is 4.99 Å². The molecule has 2 atom stereocenters. The lowest BCUT2D eigenvalue weighted by atomic mass is 9.84. The van der Waals surface area contributed by atoms with Crippen LogP contribution < -0.4 is 10.1 Å². The first-order valence-electron chi connectivity index (χ1n) is 12.4. The molecule has 198 valence electrons. The molecule has 0 spiro atoms. The highest BCUT2D eigenvalue weighted by Gasteiger charge is 2.52. The smallest absolute Gasteiger partial charge is 0.252 e. The quantitative estimate of drug-likeness (QED) is 0.263. The van der Waals surface area contributed by atoms with Crippen LogP contribution in [0, 0.1) is 11.6 Å². The molecule has 1 amide bonds. The fourth-order valence-electron chi connectivity index (χ4n) is 4.39. The summed E-state index contributed by atoms with van der Waals surface area (Å²) in [4.78, 5) is 18.5. The molecule has 0 radical (unpaired) electrons. The molecule has 6 nitrogen and oxygen atoms in total. The molecule has 3 aromatic carbocycles. The Bertz CT molecular complexity index is 1260. The molecule has 2 N–H and O–H groups in total. The highest BCUT2D eigenvalue weighted by molar-refractivity contribution is 6.01. The fourth-order valence-corrected chi connectivity index (χ4v) is 4.39. The van der Waals surface area contributed by atoms with Gasteiger partial charge in [0, 0.05) is 37.6 Å². The van der Waals surface area contributed by atoms with Crippen molar-refractivity contribution in [2.75, 3.05) is 19.8 Å². The van der Waals surface area contributed by atoms with Gasteiger partial charge in [-0.25, -0.2) is 13.8 Å². The number of rotatable bonds is 12. The van der Waals surface area contributed by atoms with Crippen LogP contribution in [0.15, 0.2) is 90.4 Å². The largest absolute Gasteiger partial charge is 0.494 e. The number of hydrogen-bond donors (Lipinski definition) is 2. The van der Waals surface area contributed by atoms with E-state index in [2.05, 4.69) is 11.9 Å². The summed E-state index contributed by atoms with van der Waals surface area (Å²) in [7, 11) is 0. The Morgan fingerprint density at radius 3 is 2.47 bits per heavy atom. The van der Waals surface area contributed by atoms with Crippen LogP contribution in [0.2, 0.25) is 0 Å². The summed E-state index contributed by atoms with van der Waals surface area (Å²) in [5, 5.41) is 11.8. The van der Waals surface area contributed by atoms with Crippen LogP contribution >= 0.6 is 0 Å². The molecule has 1 heterocycles. The molecule has 0 saturated heterocycles. The lowest BCUT2D eigenvalue weighted by Gasteiger charge is -2.29. The monoisotopic (exact) mass is 520 g/mol. The summed E-state index contributed by atoms with van der Waals surface area (Å²) in [5.41, 5.74) is 0.559. The molecule has 0 aromatic heterocycles. The normalized spacial score (nSPS) is 18.4. The first-order chi connectivity index (χ1) is 18.4. The van der Waals surface area contributed by atoms with Crippen molar-refractivity contribution < 1.29 is 28.2 Å². The molecule has 3 aromatic rings. The maximum Gasteiger partial charge on any atom is 0.252 e. The van der Waals surface area contributed by atoms with Crippen LogP contribution in [0.1, 0.15) is 35.6 Å². The van der Waals surface area contributed by atoms with Crippen LogP contribution in [0.25, 0.3) is 0 Å². The minimum atomic E-state index is -1.33. The van der Waals surface area contributed by atoms with Crippen LogP contribution in [0.3, 0.4) is 0 Å². The minimum Gasteiger partial charge on any atom is -0.494 e. The number of aliphatic hydroxyl groups excluding tert-OH is 1. The highest BCUT2D eigenvalue weighted by atomic mass is 19.1. The molecule has 1 aliphatic heterocycles. The molecular weight excluding hydrogens is 490 g/mol. The zero-order valence-corrected chi connectivity index (χ0v) is 20.9. The first-order valence-corrected chi connectivity index (χ1v) is 12.4. The molecule has 38 heavy (non-hydrogen) atoms. The van der Waals surface area contributed by atoms with Gasteiger partial charge in [-0.3, -0.25) is 4.79 Å². The van der Waals surface area contributed by atoms with Crippen molar-refractivity contribution in [2.45, 2.75) is 30.9 Å². The van der Waals surface area contributed by atoms with Crippen molar-refractivity contribution in [3.8, 4) is 5.75 Å². The summed E-state index contributed by atoms with van der Waals surface area (Å²) in [5.74, 6) is -0.750. The third-order valence-corrected chi connectivity index (χ3v) is 6.21. The van der Waals surface area contributed by atoms with Gasteiger partial charge in [-0.1, -0.05) is 36.4 Å². The molecule has 8 heteroatoms. The SMILES string of the molecule is C=CC[C@@]1(C(=O)NCCc2cc(F)cc(F)c2)N=C(c2ccc(OCCCO)cc2)O[C@@H]1c1ccccc1. The lowest BCUT2D eigenvalue weighted by molar-refractivity contribution is -0.128. The van der Waals surface area contributed by atoms with Gasteiger partial charge in [0.2, 0.25) is 5.90 Å². The van der Waals surface area contributed by atoms with Gasteiger partial charge in [-0.2, -0.15) is 0 Å². The number of hydrogen-bond acceptors (Lipinski definition) is 5. The Kier molecular flexibility index (Phi) is 8.86. The summed E-state index contributed by atoms with van der Waals surface area (Å²) >= 11 is 0. The molecule has 0 unspecified atom stereocenters. The second-order valence-electron chi connectivity index (χ2n) is 8.98. The summed E-state index contributed by atoms with van der Waals surface area (Å²) < 4.78 is 39.1. The van der Waals surface area contributed by atoms with Crippen molar-refractivity contribution in [1.82, 2.24) is 5.32 Å². The van der Waals surface area contributed by atoms with E-state index in [1.54, 1.807) is 30.3 Å². The van der Waals surface area contributed by atoms with Crippen LogP contribution in [-0.2, 0) is 16.0 Å². The van der Waals surface area contributed by atoms with Crippen LogP contribution in [0.4, 0.5) is 8.78 Å². The van der Waals surface area contributed by atoms with E-state index < -0.39 is 23.3 Å². The zero-order valence-electron chi connectivity index (χ0n) is 20.9. The molecule has 0 bridgehead atoms. The van der Waals surface area contributed by atoms with E-state index in [4.69, 9.17) is 19.6 Å². The van der Waals surface area contributed by atoms with Gasteiger partial charge < -0.3 is 19.9 Å². The number of aliphatic imine (C=N–C) groups is 1. The van der Waals surface area contributed by atoms with E-state index >= 15 is 0 Å². The van der Waals surface area contributed by atoms with Crippen molar-refractivity contribution in [1.29, 1.82) is 0 Å². The highest BCUT2D eigenvalue weighted by Crippen LogP contribution is 2.42. The van der Waals surface area contributed by atoms with E-state index in [1.165, 1.54) is 12.1 Å². The Hall–Kier alpha value is -4.04. The second kappa shape index (κ2) is 12.5. The molecule has 0 aliphatic carbocycles. The fraction of sp³-hybridized carbons (Fsp3) is 0.267. The number of ether oxygens (including phenoxy) is 2. The van der Waals surface area contributed by atoms with Crippen molar-refractivity contribution in [3.63, 3.8) is 0 Å². The van der Waals surface area contributed by atoms with Gasteiger partial charge in [-0.15, -0.1) is 6.58 Å². The predicted octanol–water partition coefficient (Wildman–Crippen LogP) is 4.92. The number of nitrogens with one attached hydrogen (secondary N) is 1. The van der Waals surface area contributed by atoms with Gasteiger partial charge in [0.1, 0.15) is 17.4 Å². The molecule has 0 fully saturated rings. The van der Waals surface area contributed by atoms with Crippen LogP contribution in [0.5, 0.6) is 5.75 Å². The molecule has 1 aliphatic rings. The van der Waals surface area contributed by atoms with Gasteiger partial charge in [0.05, 0.1) is 6.61 Å². The number of nitrogens with zero attached hydrogens (tertiary/aromatic N) is 1. The van der Waals surface area contributed by atoms with Crippen molar-refractivity contribution >= 4 is 11.8 Å². The summed E-state index contributed by atoms with van der Waals surface area (Å²) in [6.45, 7) is 4.46. The molecule has 0 saturated carbocycles. The van der Waals surface area contributed by atoms with E-state index in [1.807, 2.05) is 30.3 Å². The van der Waals surface area contributed by atoms with Crippen molar-refractivity contribution in [3.05, 3.63) is 114 Å². The number of carbonyl (C=O) groups is 1. The third-order valence-electron chi connectivity index (χ3n) is 6.21. The predicted molar refractivity (Wildman–Crippen MR) is 141 cm³/mol. The maximum absolute atomic E-state index is 13.7. The number of aliphatic hydroxyl groups is 1. The van der Waals surface area contributed by atoms with E-state index in [0.717, 1.165) is 11.6 Å². The standard InChI is InChI=1S/C30H30F2N2O4/c1-2-14-30(29(36)33-15-13-21-18-24(31)20-25(32)19-21)27(22-7-4-3-5-8-22)38-28(34-30)23-9-11-26(12-10-23)37-17-6-16-35/h2-5,7-12,18-20,27,35H,1,6,13-17H2,(H,33,36)/t27-,30-/m1/s1. The summed E-state index contributed by atoms with van der Waals surface area (Å²) in [6.07, 6.45) is 1.90. The average Bonchev–Trinajstić information content (AvgIpc) is 3.30. The average molecular weight is 521 g/mol. The molecule has 4 rings (SSSR count). The van der Waals surface area contributed by atoms with Gasteiger partial charge in [0.25, 0.3) is 5.91 Å². The Balaban J connectivity index is 1.59. The maximum atomic E-state index is 13.7. The molecular formula is C30H30F2N2O4. The Labute approximate surface area is 220 Å². The van der Waals surface area contributed by atoms with E-state index in [0.29, 0.717) is 35.8 Å². The van der Waals surface area contributed by atoms with Crippen LogP contribution in [-0.4, -0.2) is 42.2 Å². The summed E-state index contributed by atoms with van der Waals surface area (Å²) in [6, 6.07) is 19.8. The number of halogens is 2. The number of carbonyl (C=O) groups excluding carboxylic acids is 1.